The zero-order chi connectivity index (χ0) is 24.1. The van der Waals surface area contributed by atoms with Crippen molar-refractivity contribution in [1.29, 1.82) is 0 Å². The van der Waals surface area contributed by atoms with E-state index in [1.54, 1.807) is 0 Å². The Hall–Kier alpha value is -3.49. The van der Waals surface area contributed by atoms with Gasteiger partial charge >= 0.3 is 0 Å². The molecule has 0 saturated heterocycles. The van der Waals surface area contributed by atoms with Gasteiger partial charge in [-0.2, -0.15) is 0 Å². The maximum atomic E-state index is 2.57. The number of nitrogens with zero attached hydrogens (tertiary/aromatic N) is 1. The lowest BCUT2D eigenvalue weighted by molar-refractivity contribution is 0.954. The van der Waals surface area contributed by atoms with Gasteiger partial charge in [-0.3, -0.25) is 0 Å². The summed E-state index contributed by atoms with van der Waals surface area (Å²) >= 11 is 0. The molecule has 3 aliphatic rings. The van der Waals surface area contributed by atoms with Gasteiger partial charge in [0, 0.05) is 31.3 Å². The number of fused-ring (bicyclic) bond motifs is 2. The molecule has 172 valence electrons. The number of hydrogen-bond donors (Lipinski definition) is 0. The molecule has 1 heterocycles. The van der Waals surface area contributed by atoms with Crippen molar-refractivity contribution in [3.8, 4) is 11.1 Å². The normalized spacial score (nSPS) is 20.3. The van der Waals surface area contributed by atoms with Crippen LogP contribution < -0.4 is 4.90 Å². The summed E-state index contributed by atoms with van der Waals surface area (Å²) in [5, 5.41) is 0. The van der Waals surface area contributed by atoms with Gasteiger partial charge in [-0.15, -0.1) is 0 Å². The Labute approximate surface area is 210 Å². The molecule has 3 aromatic rings. The van der Waals surface area contributed by atoms with E-state index in [1.165, 1.54) is 55.9 Å². The first-order valence-corrected chi connectivity index (χ1v) is 15.1. The molecule has 2 heteroatoms. The first-order valence-electron chi connectivity index (χ1n) is 12.5. The summed E-state index contributed by atoms with van der Waals surface area (Å²) in [5.41, 5.74) is 16.3. The molecule has 35 heavy (non-hydrogen) atoms. The van der Waals surface area contributed by atoms with Crippen LogP contribution >= 0.6 is 0 Å². The molecule has 2 aliphatic carbocycles. The molecule has 0 N–H and O–H groups in total. The lowest BCUT2D eigenvalue weighted by Crippen LogP contribution is -2.31. The molecular weight excluding hydrogens is 438 g/mol. The Morgan fingerprint density at radius 2 is 1.51 bits per heavy atom. The predicted molar refractivity (Wildman–Crippen MR) is 153 cm³/mol. The average Bonchev–Trinajstić information content (AvgIpc) is 3.47. The second-order valence-electron chi connectivity index (χ2n) is 10.1. The van der Waals surface area contributed by atoms with Crippen molar-refractivity contribution in [2.24, 2.45) is 0 Å². The van der Waals surface area contributed by atoms with E-state index in [0.29, 0.717) is 12.0 Å². The van der Waals surface area contributed by atoms with Crippen LogP contribution in [0.15, 0.2) is 119 Å². The van der Waals surface area contributed by atoms with Gasteiger partial charge in [-0.1, -0.05) is 97.1 Å². The largest absolute Gasteiger partial charge is 0.331 e. The zero-order valence-corrected chi connectivity index (χ0v) is 21.9. The first kappa shape index (κ1) is 22.0. The summed E-state index contributed by atoms with van der Waals surface area (Å²) in [6, 6.07) is 28.8. The van der Waals surface area contributed by atoms with Crippen molar-refractivity contribution in [2.75, 3.05) is 4.90 Å². The number of rotatable bonds is 4. The van der Waals surface area contributed by atoms with Crippen molar-refractivity contribution in [1.82, 2.24) is 0 Å². The predicted octanol–water partition coefficient (Wildman–Crippen LogP) is 8.02. The highest BCUT2D eigenvalue weighted by atomic mass is 28.2. The second-order valence-corrected chi connectivity index (χ2v) is 12.6. The maximum Gasteiger partial charge on any atom is 0.0677 e. The lowest BCUT2D eigenvalue weighted by Gasteiger charge is -2.27. The summed E-state index contributed by atoms with van der Waals surface area (Å²) in [6.45, 7) is 9.36. The molecular formula is C33H31NSi. The van der Waals surface area contributed by atoms with E-state index in [2.05, 4.69) is 135 Å². The van der Waals surface area contributed by atoms with E-state index in [9.17, 15) is 0 Å². The van der Waals surface area contributed by atoms with Gasteiger partial charge in [0.15, 0.2) is 0 Å². The number of allylic oxidation sites excluding steroid dienone is 4. The van der Waals surface area contributed by atoms with Crippen LogP contribution in [0.1, 0.15) is 30.9 Å². The third kappa shape index (κ3) is 3.64. The summed E-state index contributed by atoms with van der Waals surface area (Å²) in [6.07, 6.45) is 7.37. The Balaban J connectivity index is 1.45. The average molecular weight is 470 g/mol. The highest BCUT2D eigenvalue weighted by molar-refractivity contribution is 6.64. The first-order chi connectivity index (χ1) is 17.0. The van der Waals surface area contributed by atoms with Gasteiger partial charge in [-0.25, -0.2) is 0 Å². The standard InChI is InChI=1S/C33H31NSi/c1-22-18-29-27(24-12-7-5-8-13-24)16-11-17-28(29)32(22)33-23(2)19-31-30(33)20-26(21-35(3)4)34(31)25-14-9-6-10-15-25/h5-21,26,32H,1-4H3. The topological polar surface area (TPSA) is 3.24 Å². The molecule has 3 aromatic carbocycles. The van der Waals surface area contributed by atoms with Gasteiger partial charge in [0.1, 0.15) is 0 Å². The number of para-hydroxylation sites is 1. The second kappa shape index (κ2) is 8.62. The van der Waals surface area contributed by atoms with Gasteiger partial charge < -0.3 is 4.90 Å². The molecule has 0 radical (unpaired) electrons. The third-order valence-corrected chi connectivity index (χ3v) is 8.44. The molecule has 0 saturated carbocycles. The van der Waals surface area contributed by atoms with Gasteiger partial charge in [0.2, 0.25) is 0 Å². The number of anilines is 1. The van der Waals surface area contributed by atoms with Crippen LogP contribution in [0.3, 0.4) is 0 Å². The van der Waals surface area contributed by atoms with E-state index in [4.69, 9.17) is 0 Å². The van der Waals surface area contributed by atoms with E-state index in [-0.39, 0.29) is 0 Å². The van der Waals surface area contributed by atoms with Crippen LogP contribution in [0.2, 0.25) is 13.1 Å². The fourth-order valence-corrected chi connectivity index (χ4v) is 6.97. The summed E-state index contributed by atoms with van der Waals surface area (Å²) in [7, 11) is -0.497. The maximum absolute atomic E-state index is 2.57. The van der Waals surface area contributed by atoms with Gasteiger partial charge in [0.25, 0.3) is 0 Å². The van der Waals surface area contributed by atoms with E-state index < -0.39 is 8.41 Å². The monoisotopic (exact) mass is 469 g/mol. The van der Waals surface area contributed by atoms with Gasteiger partial charge in [-0.05, 0) is 71.5 Å². The van der Waals surface area contributed by atoms with Crippen LogP contribution in [0.25, 0.3) is 17.2 Å². The van der Waals surface area contributed by atoms with E-state index in [0.717, 1.165) is 0 Å². The Kier molecular flexibility index (Phi) is 5.42. The van der Waals surface area contributed by atoms with Crippen molar-refractivity contribution >= 4 is 25.8 Å². The molecule has 0 aromatic heterocycles. The van der Waals surface area contributed by atoms with Crippen molar-refractivity contribution in [3.63, 3.8) is 0 Å². The van der Waals surface area contributed by atoms with Crippen molar-refractivity contribution < 1.29 is 0 Å². The molecule has 0 bridgehead atoms. The van der Waals surface area contributed by atoms with Crippen molar-refractivity contribution in [3.05, 3.63) is 130 Å². The minimum atomic E-state index is -0.497. The minimum Gasteiger partial charge on any atom is -0.331 e. The quantitative estimate of drug-likeness (QED) is 0.350. The van der Waals surface area contributed by atoms with Crippen molar-refractivity contribution in [2.45, 2.75) is 38.9 Å². The van der Waals surface area contributed by atoms with E-state index >= 15 is 0 Å². The Morgan fingerprint density at radius 3 is 2.23 bits per heavy atom. The summed E-state index contributed by atoms with van der Waals surface area (Å²) in [5.74, 6) is 0.304. The molecule has 0 amide bonds. The Morgan fingerprint density at radius 1 is 0.800 bits per heavy atom. The minimum absolute atomic E-state index is 0.304. The lowest BCUT2D eigenvalue weighted by atomic mass is 9.83. The SMILES string of the molecule is CC1=Cc2c(-c3ccccc3)cccc2C1C1=C(C)C=C2C1=CC(C=[Si](C)C)N2c1ccccc1. The molecule has 2 atom stereocenters. The Bertz CT molecular complexity index is 1460. The highest BCUT2D eigenvalue weighted by Gasteiger charge is 2.39. The van der Waals surface area contributed by atoms with Crippen LogP contribution in [-0.2, 0) is 0 Å². The van der Waals surface area contributed by atoms with Crippen LogP contribution in [0.4, 0.5) is 5.69 Å². The number of benzene rings is 3. The summed E-state index contributed by atoms with van der Waals surface area (Å²) in [4.78, 5) is 2.54. The summed E-state index contributed by atoms with van der Waals surface area (Å²) < 4.78 is 0. The molecule has 2 unspecified atom stereocenters. The van der Waals surface area contributed by atoms with Crippen LogP contribution in [0.5, 0.6) is 0 Å². The fourth-order valence-electron chi connectivity index (χ4n) is 6.04. The third-order valence-electron chi connectivity index (χ3n) is 7.43. The molecule has 0 spiro atoms. The highest BCUT2D eigenvalue weighted by Crippen LogP contribution is 2.53. The fraction of sp³-hybridized carbons (Fsp3) is 0.182. The molecule has 1 nitrogen and oxygen atoms in total. The zero-order valence-electron chi connectivity index (χ0n) is 20.9. The van der Waals surface area contributed by atoms with Crippen LogP contribution in [-0.4, -0.2) is 20.1 Å². The molecule has 0 fully saturated rings. The smallest absolute Gasteiger partial charge is 0.0677 e. The number of hydrogen-bond acceptors (Lipinski definition) is 1. The van der Waals surface area contributed by atoms with Gasteiger partial charge in [0.05, 0.1) is 6.04 Å². The van der Waals surface area contributed by atoms with Crippen LogP contribution in [0, 0.1) is 0 Å². The van der Waals surface area contributed by atoms with E-state index in [1.807, 2.05) is 0 Å². The molecule has 1 aliphatic heterocycles. The molecule has 6 rings (SSSR count).